The molecule has 6 heteroatoms. The minimum atomic E-state index is -0.0565. The fourth-order valence-corrected chi connectivity index (χ4v) is 4.70. The maximum atomic E-state index is 12.7. The van der Waals surface area contributed by atoms with Crippen LogP contribution < -0.4 is 5.32 Å². The summed E-state index contributed by atoms with van der Waals surface area (Å²) >= 11 is 0. The molecule has 2 unspecified atom stereocenters. The summed E-state index contributed by atoms with van der Waals surface area (Å²) in [6, 6.07) is -0.0565. The van der Waals surface area contributed by atoms with E-state index < -0.39 is 0 Å². The van der Waals surface area contributed by atoms with Crippen LogP contribution in [0.2, 0.25) is 0 Å². The van der Waals surface area contributed by atoms with Gasteiger partial charge in [0.25, 0.3) is 0 Å². The molecule has 3 aliphatic heterocycles. The molecule has 3 rings (SSSR count). The van der Waals surface area contributed by atoms with Crippen molar-refractivity contribution in [3.05, 3.63) is 0 Å². The van der Waals surface area contributed by atoms with Crippen LogP contribution in [0.25, 0.3) is 0 Å². The molecule has 0 aromatic carbocycles. The summed E-state index contributed by atoms with van der Waals surface area (Å²) in [5.74, 6) is 1.72. The second kappa shape index (κ2) is 9.18. The number of likely N-dealkylation sites (tertiary alicyclic amines) is 1. The van der Waals surface area contributed by atoms with Gasteiger partial charge in [-0.1, -0.05) is 6.92 Å². The van der Waals surface area contributed by atoms with Gasteiger partial charge in [-0.3, -0.25) is 14.5 Å². The number of rotatable bonds is 5. The van der Waals surface area contributed by atoms with Gasteiger partial charge in [0.1, 0.15) is 0 Å². The summed E-state index contributed by atoms with van der Waals surface area (Å²) in [6.45, 7) is 11.4. The van der Waals surface area contributed by atoms with E-state index in [1.165, 1.54) is 12.8 Å². The summed E-state index contributed by atoms with van der Waals surface area (Å²) in [6.07, 6.45) is 5.33. The predicted molar refractivity (Wildman–Crippen MR) is 103 cm³/mol. The standard InChI is InChI=1S/C20H36N4O2/c1-16(18-5-7-21-8-6-18)15-19(25)23-13-11-22(12-14-23)17(2)20(26)24-9-3-4-10-24/h16-18,21H,3-15H2,1-2H3. The van der Waals surface area contributed by atoms with Crippen molar-refractivity contribution in [2.75, 3.05) is 52.4 Å². The van der Waals surface area contributed by atoms with Crippen LogP contribution in [0.5, 0.6) is 0 Å². The highest BCUT2D eigenvalue weighted by Gasteiger charge is 2.31. The highest BCUT2D eigenvalue weighted by atomic mass is 16.2. The Balaban J connectivity index is 1.42. The maximum absolute atomic E-state index is 12.7. The van der Waals surface area contributed by atoms with Crippen LogP contribution >= 0.6 is 0 Å². The van der Waals surface area contributed by atoms with E-state index in [4.69, 9.17) is 0 Å². The third kappa shape index (κ3) is 4.77. The van der Waals surface area contributed by atoms with Crippen LogP contribution in [-0.2, 0) is 9.59 Å². The van der Waals surface area contributed by atoms with E-state index in [0.717, 1.165) is 65.2 Å². The molecule has 2 amide bonds. The van der Waals surface area contributed by atoms with Gasteiger partial charge in [-0.05, 0) is 57.5 Å². The minimum absolute atomic E-state index is 0.0565. The van der Waals surface area contributed by atoms with Crippen LogP contribution in [-0.4, -0.2) is 84.9 Å². The zero-order chi connectivity index (χ0) is 18.5. The van der Waals surface area contributed by atoms with Crippen LogP contribution in [0.1, 0.15) is 46.0 Å². The van der Waals surface area contributed by atoms with Gasteiger partial charge in [-0.25, -0.2) is 0 Å². The van der Waals surface area contributed by atoms with Crippen molar-refractivity contribution >= 4 is 11.8 Å². The molecule has 3 fully saturated rings. The van der Waals surface area contributed by atoms with Gasteiger partial charge in [0.05, 0.1) is 6.04 Å². The van der Waals surface area contributed by atoms with Crippen LogP contribution in [0, 0.1) is 11.8 Å². The number of hydrogen-bond donors (Lipinski definition) is 1. The number of piperazine rings is 1. The Labute approximate surface area is 158 Å². The molecule has 148 valence electrons. The summed E-state index contributed by atoms with van der Waals surface area (Å²) in [7, 11) is 0. The molecule has 2 atom stereocenters. The number of piperidine rings is 1. The van der Waals surface area contributed by atoms with Gasteiger partial charge in [-0.2, -0.15) is 0 Å². The van der Waals surface area contributed by atoms with Crippen molar-refractivity contribution in [2.45, 2.75) is 52.0 Å². The molecule has 0 spiro atoms. The largest absolute Gasteiger partial charge is 0.341 e. The lowest BCUT2D eigenvalue weighted by atomic mass is 9.84. The van der Waals surface area contributed by atoms with E-state index in [-0.39, 0.29) is 11.9 Å². The lowest BCUT2D eigenvalue weighted by Crippen LogP contribution is -2.55. The topological polar surface area (TPSA) is 55.9 Å². The second-order valence-electron chi connectivity index (χ2n) is 8.39. The van der Waals surface area contributed by atoms with E-state index in [9.17, 15) is 9.59 Å². The van der Waals surface area contributed by atoms with Gasteiger partial charge in [0, 0.05) is 45.7 Å². The number of hydrogen-bond acceptors (Lipinski definition) is 4. The zero-order valence-electron chi connectivity index (χ0n) is 16.6. The normalized spacial score (nSPS) is 25.3. The van der Waals surface area contributed by atoms with Crippen molar-refractivity contribution < 1.29 is 9.59 Å². The molecule has 3 heterocycles. The summed E-state index contributed by atoms with van der Waals surface area (Å²) < 4.78 is 0. The Morgan fingerprint density at radius 2 is 1.54 bits per heavy atom. The first-order chi connectivity index (χ1) is 12.6. The van der Waals surface area contributed by atoms with Gasteiger partial charge in [0.2, 0.25) is 11.8 Å². The van der Waals surface area contributed by atoms with E-state index in [0.29, 0.717) is 24.2 Å². The minimum Gasteiger partial charge on any atom is -0.341 e. The third-order valence-corrected chi connectivity index (χ3v) is 6.67. The van der Waals surface area contributed by atoms with Crippen molar-refractivity contribution in [1.82, 2.24) is 20.0 Å². The van der Waals surface area contributed by atoms with E-state index >= 15 is 0 Å². The van der Waals surface area contributed by atoms with Gasteiger partial charge in [0.15, 0.2) is 0 Å². The molecule has 26 heavy (non-hydrogen) atoms. The third-order valence-electron chi connectivity index (χ3n) is 6.67. The summed E-state index contributed by atoms with van der Waals surface area (Å²) in [4.78, 5) is 31.5. The smallest absolute Gasteiger partial charge is 0.239 e. The van der Waals surface area contributed by atoms with Gasteiger partial charge in [-0.15, -0.1) is 0 Å². The monoisotopic (exact) mass is 364 g/mol. The van der Waals surface area contributed by atoms with Crippen molar-refractivity contribution in [1.29, 1.82) is 0 Å². The molecule has 3 saturated heterocycles. The second-order valence-corrected chi connectivity index (χ2v) is 8.39. The van der Waals surface area contributed by atoms with E-state index in [1.807, 2.05) is 16.7 Å². The molecule has 0 aliphatic carbocycles. The van der Waals surface area contributed by atoms with E-state index in [2.05, 4.69) is 17.1 Å². The lowest BCUT2D eigenvalue weighted by Gasteiger charge is -2.39. The fraction of sp³-hybridized carbons (Fsp3) is 0.900. The van der Waals surface area contributed by atoms with Crippen LogP contribution in [0.3, 0.4) is 0 Å². The predicted octanol–water partition coefficient (Wildman–Crippen LogP) is 1.17. The molecule has 6 nitrogen and oxygen atoms in total. The van der Waals surface area contributed by atoms with E-state index in [1.54, 1.807) is 0 Å². The van der Waals surface area contributed by atoms with Crippen molar-refractivity contribution in [2.24, 2.45) is 11.8 Å². The molecule has 3 aliphatic rings. The molecular weight excluding hydrogens is 328 g/mol. The summed E-state index contributed by atoms with van der Waals surface area (Å²) in [5, 5.41) is 3.40. The van der Waals surface area contributed by atoms with Gasteiger partial charge >= 0.3 is 0 Å². The fourth-order valence-electron chi connectivity index (χ4n) is 4.70. The van der Waals surface area contributed by atoms with Crippen molar-refractivity contribution in [3.8, 4) is 0 Å². The molecule has 0 aromatic rings. The molecule has 0 saturated carbocycles. The molecule has 1 N–H and O–H groups in total. The van der Waals surface area contributed by atoms with Gasteiger partial charge < -0.3 is 15.1 Å². The molecule has 0 radical (unpaired) electrons. The lowest BCUT2D eigenvalue weighted by molar-refractivity contribution is -0.138. The first-order valence-corrected chi connectivity index (χ1v) is 10.6. The Bertz CT molecular complexity index is 478. The average molecular weight is 365 g/mol. The van der Waals surface area contributed by atoms with Crippen LogP contribution in [0.15, 0.2) is 0 Å². The number of carbonyl (C=O) groups is 2. The highest BCUT2D eigenvalue weighted by Crippen LogP contribution is 2.25. The average Bonchev–Trinajstić information content (AvgIpc) is 3.22. The Kier molecular flexibility index (Phi) is 6.92. The molecular formula is C20H36N4O2. The van der Waals surface area contributed by atoms with Crippen molar-refractivity contribution in [3.63, 3.8) is 0 Å². The Morgan fingerprint density at radius 1 is 0.923 bits per heavy atom. The summed E-state index contributed by atoms with van der Waals surface area (Å²) in [5.41, 5.74) is 0. The first-order valence-electron chi connectivity index (χ1n) is 10.6. The number of nitrogens with zero attached hydrogens (tertiary/aromatic N) is 3. The van der Waals surface area contributed by atoms with Crippen LogP contribution in [0.4, 0.5) is 0 Å². The molecule has 0 aromatic heterocycles. The number of carbonyl (C=O) groups excluding carboxylic acids is 2. The highest BCUT2D eigenvalue weighted by molar-refractivity contribution is 5.82. The zero-order valence-corrected chi connectivity index (χ0v) is 16.6. The number of nitrogens with one attached hydrogen (secondary N) is 1. The Morgan fingerprint density at radius 3 is 2.15 bits per heavy atom. The Hall–Kier alpha value is -1.14. The molecule has 0 bridgehead atoms. The number of amides is 2. The maximum Gasteiger partial charge on any atom is 0.239 e. The SMILES string of the molecule is CC(CC(=O)N1CCN(C(C)C(=O)N2CCCC2)CC1)C1CCNCC1. The quantitative estimate of drug-likeness (QED) is 0.796. The first kappa shape index (κ1) is 19.6.